The van der Waals surface area contributed by atoms with Crippen LogP contribution >= 0.6 is 8.60 Å². The van der Waals surface area contributed by atoms with Gasteiger partial charge in [0.05, 0.1) is 0 Å². The summed E-state index contributed by atoms with van der Waals surface area (Å²) in [4.78, 5) is 21.7. The van der Waals surface area contributed by atoms with E-state index in [0.29, 0.717) is 0 Å². The summed E-state index contributed by atoms with van der Waals surface area (Å²) >= 11 is 0. The van der Waals surface area contributed by atoms with Crippen molar-refractivity contribution in [2.24, 2.45) is 0 Å². The van der Waals surface area contributed by atoms with Gasteiger partial charge < -0.3 is 14.7 Å². The van der Waals surface area contributed by atoms with Crippen LogP contribution in [0.1, 0.15) is 0 Å². The molecular weight excluding hydrogens is 271 g/mol. The summed E-state index contributed by atoms with van der Waals surface area (Å²) in [6.45, 7) is 0. The summed E-state index contributed by atoms with van der Waals surface area (Å²) in [5.74, 6) is 0. The van der Waals surface area contributed by atoms with E-state index in [4.69, 9.17) is 14.7 Å². The van der Waals surface area contributed by atoms with E-state index in [0.717, 1.165) is 0 Å². The molecule has 0 aliphatic heterocycles. The van der Waals surface area contributed by atoms with Crippen LogP contribution in [0.3, 0.4) is 0 Å². The molecule has 0 amide bonds. The van der Waals surface area contributed by atoms with Gasteiger partial charge in [0.1, 0.15) is 0 Å². The molecule has 0 aromatic heterocycles. The van der Waals surface area contributed by atoms with Gasteiger partial charge in [-0.25, -0.2) is 0 Å². The third kappa shape index (κ3) is 47.2. The fourth-order valence-corrected chi connectivity index (χ4v) is 0. The predicted molar refractivity (Wildman–Crippen MR) is 13.6 cm³/mol. The van der Waals surface area contributed by atoms with Gasteiger partial charge in [0.15, 0.2) is 0 Å². The van der Waals surface area contributed by atoms with E-state index in [1.54, 1.807) is 0 Å². The Morgan fingerprint density at radius 1 is 1.00 bits per heavy atom. The van der Waals surface area contributed by atoms with Crippen LogP contribution in [0.25, 0.3) is 0 Å². The fraction of sp³-hybridized carbons (Fsp3) is 0. The molecule has 35 valence electrons. The predicted octanol–water partition coefficient (Wildman–Crippen LogP) is -0.812. The van der Waals surface area contributed by atoms with E-state index < -0.39 is 8.60 Å². The zero-order chi connectivity index (χ0) is 3.58. The summed E-state index contributed by atoms with van der Waals surface area (Å²) < 4.78 is 0. The van der Waals surface area contributed by atoms with Gasteiger partial charge in [0, 0.05) is 20.1 Å². The van der Waals surface area contributed by atoms with Crippen LogP contribution < -0.4 is 0 Å². The molecule has 0 aromatic carbocycles. The minimum atomic E-state index is -2.62. The molecule has 0 atom stereocenters. The van der Waals surface area contributed by atoms with E-state index in [-0.39, 0.29) is 20.1 Å². The summed E-state index contributed by atoms with van der Waals surface area (Å²) in [5.41, 5.74) is 0. The smallest absolute Gasteiger partial charge is 0.324 e. The van der Waals surface area contributed by atoms with Crippen LogP contribution in [-0.2, 0) is 20.1 Å². The van der Waals surface area contributed by atoms with Crippen molar-refractivity contribution < 1.29 is 34.8 Å². The quantitative estimate of drug-likeness (QED) is 0.506. The summed E-state index contributed by atoms with van der Waals surface area (Å²) in [6, 6.07) is 0. The SMILES string of the molecule is OP(O)O.[Ir]. The Morgan fingerprint density at radius 2 is 1.00 bits per heavy atom. The number of hydrogen-bond acceptors (Lipinski definition) is 3. The topological polar surface area (TPSA) is 60.7 Å². The first-order valence-electron chi connectivity index (χ1n) is 0.600. The largest absolute Gasteiger partial charge is 0.328 e. The molecule has 3 N–H and O–H groups in total. The molecule has 0 aliphatic carbocycles. The van der Waals surface area contributed by atoms with Gasteiger partial charge in [-0.1, -0.05) is 0 Å². The standard InChI is InChI=1S/Ir.H3O3P/c;1-4(2)3/h;1-3H. The maximum absolute atomic E-state index is 7.23. The van der Waals surface area contributed by atoms with E-state index in [1.807, 2.05) is 0 Å². The van der Waals surface area contributed by atoms with Crippen molar-refractivity contribution in [1.82, 2.24) is 0 Å². The Morgan fingerprint density at radius 3 is 1.00 bits per heavy atom. The van der Waals surface area contributed by atoms with Crippen molar-refractivity contribution in [3.05, 3.63) is 0 Å². The van der Waals surface area contributed by atoms with Gasteiger partial charge in [-0.05, 0) is 0 Å². The first-order valence-corrected chi connectivity index (χ1v) is 1.80. The van der Waals surface area contributed by atoms with Crippen LogP contribution in [0.4, 0.5) is 0 Å². The van der Waals surface area contributed by atoms with E-state index in [2.05, 4.69) is 0 Å². The van der Waals surface area contributed by atoms with Crippen LogP contribution in [0.2, 0.25) is 0 Å². The second-order valence-corrected chi connectivity index (χ2v) is 0.805. The molecule has 1 radical (unpaired) electrons. The van der Waals surface area contributed by atoms with Crippen molar-refractivity contribution in [3.63, 3.8) is 0 Å². The molecule has 0 saturated heterocycles. The van der Waals surface area contributed by atoms with Crippen LogP contribution in [-0.4, -0.2) is 14.7 Å². The molecule has 0 saturated carbocycles. The molecule has 3 nitrogen and oxygen atoms in total. The van der Waals surface area contributed by atoms with Gasteiger partial charge in [0.2, 0.25) is 0 Å². The van der Waals surface area contributed by atoms with Gasteiger partial charge in [-0.2, -0.15) is 0 Å². The second-order valence-electron chi connectivity index (χ2n) is 0.268. The Kier molecular flexibility index (Phi) is 9.27. The molecule has 0 aliphatic rings. The van der Waals surface area contributed by atoms with Gasteiger partial charge in [-0.3, -0.25) is 0 Å². The molecule has 5 heteroatoms. The fourth-order valence-electron chi connectivity index (χ4n) is 0. The van der Waals surface area contributed by atoms with Crippen molar-refractivity contribution in [2.75, 3.05) is 0 Å². The Labute approximate surface area is 44.0 Å². The summed E-state index contributed by atoms with van der Waals surface area (Å²) in [6.07, 6.45) is 0. The second kappa shape index (κ2) is 4.96. The van der Waals surface area contributed by atoms with Crippen molar-refractivity contribution in [2.45, 2.75) is 0 Å². The minimum absolute atomic E-state index is 0. The van der Waals surface area contributed by atoms with Crippen LogP contribution in [0, 0.1) is 0 Å². The average Bonchev–Trinajstić information content (AvgIpc) is 0.811. The Bertz CT molecular complexity index is 11.6. The zero-order valence-electron chi connectivity index (χ0n) is 2.12. The summed E-state index contributed by atoms with van der Waals surface area (Å²) in [5, 5.41) is 0. The monoisotopic (exact) mass is 275 g/mol. The average molecular weight is 274 g/mol. The molecule has 0 bridgehead atoms. The molecule has 0 rings (SSSR count). The molecule has 0 unspecified atom stereocenters. The maximum atomic E-state index is 7.23. The first kappa shape index (κ1) is 9.35. The molecule has 0 fully saturated rings. The minimum Gasteiger partial charge on any atom is -0.328 e. The Hall–Kier alpha value is 0.959. The Balaban J connectivity index is 0. The normalized spacial score (nSPS) is 7.20. The van der Waals surface area contributed by atoms with Gasteiger partial charge >= 0.3 is 8.60 Å². The number of hydrogen-bond donors (Lipinski definition) is 3. The van der Waals surface area contributed by atoms with Crippen molar-refractivity contribution >= 4 is 8.60 Å². The van der Waals surface area contributed by atoms with Crippen molar-refractivity contribution in [1.29, 1.82) is 0 Å². The summed E-state index contributed by atoms with van der Waals surface area (Å²) in [7, 11) is -2.62. The van der Waals surface area contributed by atoms with Crippen LogP contribution in [0.5, 0.6) is 0 Å². The molecule has 0 heterocycles. The maximum Gasteiger partial charge on any atom is 0.324 e. The molecule has 0 spiro atoms. The van der Waals surface area contributed by atoms with Crippen LogP contribution in [0.15, 0.2) is 0 Å². The molecular formula is H3IrO3P. The number of rotatable bonds is 0. The third-order valence-electron chi connectivity index (χ3n) is 0. The van der Waals surface area contributed by atoms with E-state index in [1.165, 1.54) is 0 Å². The van der Waals surface area contributed by atoms with Gasteiger partial charge in [-0.15, -0.1) is 0 Å². The van der Waals surface area contributed by atoms with E-state index >= 15 is 0 Å². The third-order valence-corrected chi connectivity index (χ3v) is 0. The zero-order valence-corrected chi connectivity index (χ0v) is 5.41. The van der Waals surface area contributed by atoms with Gasteiger partial charge in [0.25, 0.3) is 0 Å². The first-order chi connectivity index (χ1) is 1.73. The van der Waals surface area contributed by atoms with Crippen molar-refractivity contribution in [3.8, 4) is 0 Å². The molecule has 5 heavy (non-hydrogen) atoms. The molecule has 0 aromatic rings. The van der Waals surface area contributed by atoms with E-state index in [9.17, 15) is 0 Å².